The van der Waals surface area contributed by atoms with Crippen molar-refractivity contribution < 1.29 is 4.79 Å². The maximum atomic E-state index is 13.0. The van der Waals surface area contributed by atoms with Crippen molar-refractivity contribution in [2.24, 2.45) is 5.73 Å². The molecule has 0 fully saturated rings. The Labute approximate surface area is 141 Å². The highest BCUT2D eigenvalue weighted by atomic mass is 32.1. The van der Waals surface area contributed by atoms with Gasteiger partial charge in [0, 0.05) is 35.2 Å². The molecule has 0 aliphatic carbocycles. The molecule has 3 heterocycles. The van der Waals surface area contributed by atoms with Gasteiger partial charge in [0.1, 0.15) is 10.7 Å². The van der Waals surface area contributed by atoms with Crippen LogP contribution in [0.2, 0.25) is 0 Å². The van der Waals surface area contributed by atoms with Crippen molar-refractivity contribution in [1.29, 1.82) is 0 Å². The summed E-state index contributed by atoms with van der Waals surface area (Å²) in [6.07, 6.45) is 1.73. The van der Waals surface area contributed by atoms with Gasteiger partial charge in [-0.3, -0.25) is 14.2 Å². The van der Waals surface area contributed by atoms with Gasteiger partial charge in [-0.25, -0.2) is 4.98 Å². The summed E-state index contributed by atoms with van der Waals surface area (Å²) in [6, 6.07) is 3.97. The number of hydrogen-bond donors (Lipinski definition) is 1. The second kappa shape index (κ2) is 6.64. The normalized spacial score (nSPS) is 11.2. The number of rotatable bonds is 6. The molecule has 1 amide bonds. The fourth-order valence-corrected chi connectivity index (χ4v) is 4.32. The fraction of sp³-hybridized carbons (Fsp3) is 0.312. The van der Waals surface area contributed by atoms with E-state index in [1.807, 2.05) is 29.8 Å². The second-order valence-corrected chi connectivity index (χ2v) is 7.06. The average Bonchev–Trinajstić information content (AvgIpc) is 3.15. The van der Waals surface area contributed by atoms with Crippen LogP contribution in [0.1, 0.15) is 25.6 Å². The monoisotopic (exact) mass is 347 g/mol. The zero-order valence-corrected chi connectivity index (χ0v) is 14.4. The summed E-state index contributed by atoms with van der Waals surface area (Å²) in [5.74, 6) is 0.314. The minimum Gasteiger partial charge on any atom is -0.370 e. The minimum atomic E-state index is -0.414. The highest BCUT2D eigenvalue weighted by molar-refractivity contribution is 7.18. The van der Waals surface area contributed by atoms with Gasteiger partial charge in [-0.2, -0.15) is 0 Å². The maximum absolute atomic E-state index is 13.0. The molecule has 0 saturated heterocycles. The van der Waals surface area contributed by atoms with Crippen molar-refractivity contribution in [3.63, 3.8) is 0 Å². The number of carbonyl (C=O) groups is 1. The summed E-state index contributed by atoms with van der Waals surface area (Å²) in [7, 11) is 0. The summed E-state index contributed by atoms with van der Waals surface area (Å²) < 4.78 is 1.61. The Morgan fingerprint density at radius 1 is 1.39 bits per heavy atom. The van der Waals surface area contributed by atoms with E-state index in [1.165, 1.54) is 11.3 Å². The van der Waals surface area contributed by atoms with E-state index in [0.29, 0.717) is 11.8 Å². The maximum Gasteiger partial charge on any atom is 0.262 e. The summed E-state index contributed by atoms with van der Waals surface area (Å²) >= 11 is 3.09. The molecule has 120 valence electrons. The predicted octanol–water partition coefficient (Wildman–Crippen LogP) is 3.01. The third-order valence-electron chi connectivity index (χ3n) is 3.61. The van der Waals surface area contributed by atoms with Gasteiger partial charge in [-0.05, 0) is 17.9 Å². The van der Waals surface area contributed by atoms with Crippen LogP contribution >= 0.6 is 22.7 Å². The van der Waals surface area contributed by atoms with Crippen LogP contribution in [-0.2, 0) is 17.8 Å². The Bertz CT molecular complexity index is 894. The van der Waals surface area contributed by atoms with E-state index in [-0.39, 0.29) is 18.5 Å². The lowest BCUT2D eigenvalue weighted by Crippen LogP contribution is -2.27. The third kappa shape index (κ3) is 3.07. The number of nitrogens with two attached hydrogens (primary N) is 1. The number of aryl methyl sites for hydroxylation is 1. The molecule has 0 aliphatic heterocycles. The van der Waals surface area contributed by atoms with Crippen LogP contribution in [0.4, 0.5) is 0 Å². The number of primary amides is 1. The molecule has 0 radical (unpaired) electrons. The molecule has 0 spiro atoms. The Morgan fingerprint density at radius 2 is 2.22 bits per heavy atom. The van der Waals surface area contributed by atoms with E-state index < -0.39 is 5.91 Å². The highest BCUT2D eigenvalue weighted by Crippen LogP contribution is 2.33. The van der Waals surface area contributed by atoms with Crippen LogP contribution < -0.4 is 11.3 Å². The molecule has 3 aromatic rings. The minimum absolute atomic E-state index is 0.0793. The average molecular weight is 347 g/mol. The molecule has 0 saturated carbocycles. The third-order valence-corrected chi connectivity index (χ3v) is 5.39. The second-order valence-electron chi connectivity index (χ2n) is 5.26. The van der Waals surface area contributed by atoms with Crippen molar-refractivity contribution in [2.45, 2.75) is 32.7 Å². The van der Waals surface area contributed by atoms with Crippen LogP contribution in [0.15, 0.2) is 27.7 Å². The standard InChI is InChI=1S/C16H17N3O2S2/c1-2-4-13-18-15-14(16(21)19(13)7-6-12(17)20)10(9-23-15)11-5-3-8-22-11/h3,5,8-9H,2,4,6-7H2,1H3,(H2,17,20). The molecule has 23 heavy (non-hydrogen) atoms. The molecule has 3 rings (SSSR count). The van der Waals surface area contributed by atoms with Gasteiger partial charge < -0.3 is 5.73 Å². The Balaban J connectivity index is 2.20. The van der Waals surface area contributed by atoms with Gasteiger partial charge in [0.15, 0.2) is 0 Å². The van der Waals surface area contributed by atoms with Crippen LogP contribution in [0.5, 0.6) is 0 Å². The van der Waals surface area contributed by atoms with E-state index in [2.05, 4.69) is 4.98 Å². The Kier molecular flexibility index (Phi) is 4.58. The molecule has 7 heteroatoms. The van der Waals surface area contributed by atoms with Gasteiger partial charge in [0.25, 0.3) is 5.56 Å². The predicted molar refractivity (Wildman–Crippen MR) is 95.0 cm³/mol. The number of carbonyl (C=O) groups excluding carboxylic acids is 1. The SMILES string of the molecule is CCCc1nc2scc(-c3cccs3)c2c(=O)n1CCC(N)=O. The van der Waals surface area contributed by atoms with E-state index in [9.17, 15) is 9.59 Å². The van der Waals surface area contributed by atoms with Crippen molar-refractivity contribution in [2.75, 3.05) is 0 Å². The van der Waals surface area contributed by atoms with Crippen molar-refractivity contribution in [3.8, 4) is 10.4 Å². The number of fused-ring (bicyclic) bond motifs is 1. The van der Waals surface area contributed by atoms with Gasteiger partial charge in [0.05, 0.1) is 5.39 Å². The first-order valence-corrected chi connectivity index (χ1v) is 9.20. The first-order chi connectivity index (χ1) is 11.1. The smallest absolute Gasteiger partial charge is 0.262 e. The van der Waals surface area contributed by atoms with E-state index >= 15 is 0 Å². The number of aromatic nitrogens is 2. The Morgan fingerprint density at radius 3 is 2.87 bits per heavy atom. The molecule has 0 aliphatic rings. The topological polar surface area (TPSA) is 78.0 Å². The lowest BCUT2D eigenvalue weighted by molar-refractivity contribution is -0.118. The van der Waals surface area contributed by atoms with Crippen molar-refractivity contribution in [3.05, 3.63) is 39.1 Å². The zero-order chi connectivity index (χ0) is 16.4. The van der Waals surface area contributed by atoms with Gasteiger partial charge in [-0.1, -0.05) is 13.0 Å². The number of nitrogens with zero attached hydrogens (tertiary/aromatic N) is 2. The van der Waals surface area contributed by atoms with Crippen LogP contribution in [0.3, 0.4) is 0 Å². The molecule has 0 aromatic carbocycles. The molecule has 0 atom stereocenters. The molecular formula is C16H17N3O2S2. The summed E-state index contributed by atoms with van der Waals surface area (Å²) in [5.41, 5.74) is 6.09. The van der Waals surface area contributed by atoms with E-state index in [1.54, 1.807) is 15.9 Å². The molecule has 5 nitrogen and oxygen atoms in total. The van der Waals surface area contributed by atoms with Crippen LogP contribution in [0.25, 0.3) is 20.7 Å². The number of hydrogen-bond acceptors (Lipinski definition) is 5. The molecular weight excluding hydrogens is 330 g/mol. The quantitative estimate of drug-likeness (QED) is 0.744. The molecule has 0 bridgehead atoms. The molecule has 3 aromatic heterocycles. The van der Waals surface area contributed by atoms with Crippen molar-refractivity contribution >= 4 is 38.8 Å². The van der Waals surface area contributed by atoms with Crippen LogP contribution in [-0.4, -0.2) is 15.5 Å². The summed E-state index contributed by atoms with van der Waals surface area (Å²) in [4.78, 5) is 30.6. The summed E-state index contributed by atoms with van der Waals surface area (Å²) in [5, 5.41) is 4.62. The first-order valence-electron chi connectivity index (χ1n) is 7.45. The summed E-state index contributed by atoms with van der Waals surface area (Å²) in [6.45, 7) is 2.33. The number of thiophene rings is 2. The fourth-order valence-electron chi connectivity index (χ4n) is 2.55. The van der Waals surface area contributed by atoms with Gasteiger partial charge in [-0.15, -0.1) is 22.7 Å². The van der Waals surface area contributed by atoms with E-state index in [0.717, 1.165) is 27.5 Å². The highest BCUT2D eigenvalue weighted by Gasteiger charge is 2.17. The molecule has 0 unspecified atom stereocenters. The van der Waals surface area contributed by atoms with Gasteiger partial charge in [0.2, 0.25) is 5.91 Å². The van der Waals surface area contributed by atoms with Crippen LogP contribution in [0, 0.1) is 0 Å². The Hall–Kier alpha value is -1.99. The molecule has 2 N–H and O–H groups in total. The first kappa shape index (κ1) is 15.9. The number of amides is 1. The van der Waals surface area contributed by atoms with E-state index in [4.69, 9.17) is 5.73 Å². The largest absolute Gasteiger partial charge is 0.370 e. The lowest BCUT2D eigenvalue weighted by Gasteiger charge is -2.11. The van der Waals surface area contributed by atoms with Gasteiger partial charge >= 0.3 is 0 Å². The van der Waals surface area contributed by atoms with Crippen molar-refractivity contribution in [1.82, 2.24) is 9.55 Å². The zero-order valence-electron chi connectivity index (χ0n) is 12.7. The lowest BCUT2D eigenvalue weighted by atomic mass is 10.2.